The van der Waals surface area contributed by atoms with Gasteiger partial charge in [-0.3, -0.25) is 9.45 Å². The largest absolute Gasteiger partial charge is 0.314 e. The molecule has 2 N–H and O–H groups in total. The van der Waals surface area contributed by atoms with Crippen LogP contribution in [0.25, 0.3) is 0 Å². The number of rotatable bonds is 4. The predicted octanol–water partition coefficient (Wildman–Crippen LogP) is 2.75. The van der Waals surface area contributed by atoms with Crippen molar-refractivity contribution in [2.24, 2.45) is 0 Å². The molecule has 0 radical (unpaired) electrons. The van der Waals surface area contributed by atoms with Gasteiger partial charge in [-0.15, -0.1) is 0 Å². The van der Waals surface area contributed by atoms with E-state index in [1.165, 1.54) is 15.4 Å². The third-order valence-electron chi connectivity index (χ3n) is 3.55. The van der Waals surface area contributed by atoms with Gasteiger partial charge >= 0.3 is 0 Å². The van der Waals surface area contributed by atoms with Crippen molar-refractivity contribution in [2.75, 3.05) is 32.4 Å². The Labute approximate surface area is 154 Å². The van der Waals surface area contributed by atoms with Gasteiger partial charge in [-0.2, -0.15) is 8.42 Å². The van der Waals surface area contributed by atoms with Crippen molar-refractivity contribution in [3.63, 3.8) is 0 Å². The minimum atomic E-state index is -3.67. The normalized spacial score (nSPS) is 15.3. The molecular formula is C18H24N2O3S2. The number of nitrogens with zero attached hydrogens (tertiary/aromatic N) is 1. The van der Waals surface area contributed by atoms with Crippen LogP contribution in [0, 0.1) is 0 Å². The monoisotopic (exact) mass is 380 g/mol. The van der Waals surface area contributed by atoms with Crippen LogP contribution in [0.1, 0.15) is 5.56 Å². The Kier molecular flexibility index (Phi) is 7.92. The zero-order valence-electron chi connectivity index (χ0n) is 14.3. The summed E-state index contributed by atoms with van der Waals surface area (Å²) < 4.78 is 25.9. The minimum absolute atomic E-state index is 0.715. The van der Waals surface area contributed by atoms with Crippen molar-refractivity contribution in [2.45, 2.75) is 16.3 Å². The third kappa shape index (κ3) is 8.51. The van der Waals surface area contributed by atoms with E-state index in [0.29, 0.717) is 6.26 Å². The number of nitrogens with one attached hydrogen (secondary N) is 1. The molecule has 1 saturated heterocycles. The van der Waals surface area contributed by atoms with Gasteiger partial charge in [0.05, 0.1) is 6.26 Å². The highest BCUT2D eigenvalue weighted by molar-refractivity contribution is 7.99. The molecule has 25 heavy (non-hydrogen) atoms. The van der Waals surface area contributed by atoms with Crippen LogP contribution in [0.5, 0.6) is 0 Å². The van der Waals surface area contributed by atoms with Crippen molar-refractivity contribution in [1.29, 1.82) is 0 Å². The first-order valence-electron chi connectivity index (χ1n) is 8.08. The van der Waals surface area contributed by atoms with Crippen LogP contribution in [0.2, 0.25) is 0 Å². The van der Waals surface area contributed by atoms with Crippen molar-refractivity contribution in [3.8, 4) is 0 Å². The molecule has 2 aromatic carbocycles. The maximum absolute atomic E-state index is 9.19. The van der Waals surface area contributed by atoms with Crippen molar-refractivity contribution < 1.29 is 13.0 Å². The van der Waals surface area contributed by atoms with Gasteiger partial charge in [0.1, 0.15) is 0 Å². The average Bonchev–Trinajstić information content (AvgIpc) is 2.57. The van der Waals surface area contributed by atoms with Gasteiger partial charge < -0.3 is 5.32 Å². The molecule has 3 rings (SSSR count). The first-order chi connectivity index (χ1) is 11.9. The Morgan fingerprint density at radius 1 is 1.04 bits per heavy atom. The Bertz CT molecular complexity index is 738. The van der Waals surface area contributed by atoms with E-state index in [1.54, 1.807) is 0 Å². The van der Waals surface area contributed by atoms with Crippen LogP contribution in [-0.2, 0) is 16.7 Å². The van der Waals surface area contributed by atoms with E-state index in [0.717, 1.165) is 32.7 Å². The highest BCUT2D eigenvalue weighted by Crippen LogP contribution is 2.30. The topological polar surface area (TPSA) is 69.6 Å². The standard InChI is InChI=1S/C17H20N2S.CH4O3S/c1-2-7-16(8-3-1)20-17-9-5-4-6-15(17)14-19-12-10-18-11-13-19;1-5(2,3)4/h1-9,18H,10-14H2;1H3,(H,2,3,4). The molecule has 0 bridgehead atoms. The number of benzene rings is 2. The van der Waals surface area contributed by atoms with E-state index in [1.807, 2.05) is 11.8 Å². The van der Waals surface area contributed by atoms with Gasteiger partial charge in [-0.1, -0.05) is 48.2 Å². The van der Waals surface area contributed by atoms with E-state index >= 15 is 0 Å². The second-order valence-electron chi connectivity index (χ2n) is 5.78. The summed E-state index contributed by atoms with van der Waals surface area (Å²) in [7, 11) is -3.67. The second kappa shape index (κ2) is 9.94. The van der Waals surface area contributed by atoms with Gasteiger partial charge in [0.15, 0.2) is 0 Å². The molecule has 1 aliphatic rings. The first-order valence-corrected chi connectivity index (χ1v) is 10.7. The van der Waals surface area contributed by atoms with Crippen LogP contribution in [0.3, 0.4) is 0 Å². The fraction of sp³-hybridized carbons (Fsp3) is 0.333. The Balaban J connectivity index is 0.000000399. The lowest BCUT2D eigenvalue weighted by atomic mass is 10.2. The Morgan fingerprint density at radius 2 is 1.60 bits per heavy atom. The molecule has 2 aromatic rings. The molecule has 0 unspecified atom stereocenters. The zero-order chi connectivity index (χ0) is 18.1. The molecule has 5 nitrogen and oxygen atoms in total. The molecule has 0 aromatic heterocycles. The Hall–Kier alpha value is -1.38. The van der Waals surface area contributed by atoms with Crippen LogP contribution < -0.4 is 5.32 Å². The van der Waals surface area contributed by atoms with Crippen LogP contribution in [0.4, 0.5) is 0 Å². The van der Waals surface area contributed by atoms with E-state index in [2.05, 4.69) is 64.8 Å². The van der Waals surface area contributed by atoms with Crippen molar-refractivity contribution in [3.05, 3.63) is 60.2 Å². The molecule has 1 fully saturated rings. The average molecular weight is 381 g/mol. The Morgan fingerprint density at radius 3 is 2.24 bits per heavy atom. The van der Waals surface area contributed by atoms with Gasteiger partial charge in [0.25, 0.3) is 10.1 Å². The molecule has 1 aliphatic heterocycles. The summed E-state index contributed by atoms with van der Waals surface area (Å²) >= 11 is 1.86. The van der Waals surface area contributed by atoms with Crippen molar-refractivity contribution in [1.82, 2.24) is 10.2 Å². The lowest BCUT2D eigenvalue weighted by molar-refractivity contribution is 0.232. The third-order valence-corrected chi connectivity index (χ3v) is 4.67. The lowest BCUT2D eigenvalue weighted by Crippen LogP contribution is -2.42. The number of hydrogen-bond acceptors (Lipinski definition) is 5. The van der Waals surface area contributed by atoms with E-state index in [-0.39, 0.29) is 0 Å². The molecule has 136 valence electrons. The van der Waals surface area contributed by atoms with Crippen LogP contribution >= 0.6 is 11.8 Å². The summed E-state index contributed by atoms with van der Waals surface area (Å²) in [6.07, 6.45) is 0.715. The molecule has 0 saturated carbocycles. The number of hydrogen-bond donors (Lipinski definition) is 2. The maximum Gasteiger partial charge on any atom is 0.261 e. The molecule has 0 aliphatic carbocycles. The van der Waals surface area contributed by atoms with Gasteiger partial charge in [-0.25, -0.2) is 0 Å². The second-order valence-corrected chi connectivity index (χ2v) is 8.36. The molecule has 7 heteroatoms. The summed E-state index contributed by atoms with van der Waals surface area (Å²) in [4.78, 5) is 5.21. The molecule has 1 heterocycles. The molecule has 0 spiro atoms. The van der Waals surface area contributed by atoms with E-state index < -0.39 is 10.1 Å². The van der Waals surface area contributed by atoms with Gasteiger partial charge in [0.2, 0.25) is 0 Å². The molecule has 0 atom stereocenters. The SMILES string of the molecule is CS(=O)(=O)O.c1ccc(Sc2ccccc2CN2CCNCC2)cc1. The molecular weight excluding hydrogens is 356 g/mol. The van der Waals surface area contributed by atoms with E-state index in [4.69, 9.17) is 4.55 Å². The van der Waals surface area contributed by atoms with E-state index in [9.17, 15) is 8.42 Å². The summed E-state index contributed by atoms with van der Waals surface area (Å²) in [5, 5.41) is 3.41. The quantitative estimate of drug-likeness (QED) is 0.795. The summed E-state index contributed by atoms with van der Waals surface area (Å²) in [6.45, 7) is 5.55. The fourth-order valence-corrected chi connectivity index (χ4v) is 3.42. The minimum Gasteiger partial charge on any atom is -0.314 e. The maximum atomic E-state index is 9.19. The van der Waals surface area contributed by atoms with Crippen molar-refractivity contribution >= 4 is 21.9 Å². The van der Waals surface area contributed by atoms with Crippen LogP contribution in [-0.4, -0.2) is 50.3 Å². The fourth-order valence-electron chi connectivity index (χ4n) is 2.46. The predicted molar refractivity (Wildman–Crippen MR) is 103 cm³/mol. The molecule has 0 amide bonds. The highest BCUT2D eigenvalue weighted by atomic mass is 32.2. The summed E-state index contributed by atoms with van der Waals surface area (Å²) in [6, 6.07) is 19.4. The van der Waals surface area contributed by atoms with Crippen LogP contribution in [0.15, 0.2) is 64.4 Å². The van der Waals surface area contributed by atoms with Gasteiger partial charge in [-0.05, 0) is 23.8 Å². The summed E-state index contributed by atoms with van der Waals surface area (Å²) in [5.41, 5.74) is 1.43. The number of piperazine rings is 1. The first kappa shape index (κ1) is 19.9. The smallest absolute Gasteiger partial charge is 0.261 e. The van der Waals surface area contributed by atoms with Gasteiger partial charge in [0, 0.05) is 42.5 Å². The zero-order valence-corrected chi connectivity index (χ0v) is 15.9. The highest BCUT2D eigenvalue weighted by Gasteiger charge is 2.12. The lowest BCUT2D eigenvalue weighted by Gasteiger charge is -2.27. The summed E-state index contributed by atoms with van der Waals surface area (Å²) in [5.74, 6) is 0.